The van der Waals surface area contributed by atoms with Gasteiger partial charge in [0.2, 0.25) is 0 Å². The van der Waals surface area contributed by atoms with Crippen LogP contribution in [0.4, 0.5) is 5.13 Å². The molecule has 0 bridgehead atoms. The molecule has 0 amide bonds. The van der Waals surface area contributed by atoms with Crippen LogP contribution in [-0.2, 0) is 0 Å². The van der Waals surface area contributed by atoms with Crippen LogP contribution in [0.1, 0.15) is 45.4 Å². The number of fused-ring (bicyclic) bond motifs is 1. The molecule has 2 rings (SSSR count). The summed E-state index contributed by atoms with van der Waals surface area (Å²) in [6.07, 6.45) is 7.93. The summed E-state index contributed by atoms with van der Waals surface area (Å²) in [6, 6.07) is 5.87. The van der Waals surface area contributed by atoms with Crippen molar-refractivity contribution in [1.29, 1.82) is 0 Å². The monoisotopic (exact) mass is 296 g/mol. The molecule has 0 saturated heterocycles. The Morgan fingerprint density at radius 1 is 1.16 bits per heavy atom. The number of benzene rings is 1. The smallest absolute Gasteiger partial charge is 0.183 e. The number of rotatable bonds is 8. The highest BCUT2D eigenvalue weighted by Crippen LogP contribution is 2.27. The highest BCUT2D eigenvalue weighted by Gasteiger charge is 2.03. The summed E-state index contributed by atoms with van der Waals surface area (Å²) in [5.74, 6) is 0. The molecule has 0 atom stereocenters. The second-order valence-electron chi connectivity index (χ2n) is 4.83. The van der Waals surface area contributed by atoms with Crippen molar-refractivity contribution in [1.82, 2.24) is 4.98 Å². The molecule has 19 heavy (non-hydrogen) atoms. The van der Waals surface area contributed by atoms with Crippen LogP contribution in [0.5, 0.6) is 0 Å². The van der Waals surface area contributed by atoms with Gasteiger partial charge in [0.1, 0.15) is 0 Å². The van der Waals surface area contributed by atoms with Gasteiger partial charge in [0.05, 0.1) is 10.2 Å². The Labute approximate surface area is 124 Å². The lowest BCUT2D eigenvalue weighted by atomic mass is 10.1. The lowest BCUT2D eigenvalue weighted by Crippen LogP contribution is -2.00. The SMILES string of the molecule is CCCCCCCCNc1nc2cc(Cl)ccc2s1. The van der Waals surface area contributed by atoms with Crippen LogP contribution < -0.4 is 5.32 Å². The fourth-order valence-corrected chi connectivity index (χ4v) is 3.11. The van der Waals surface area contributed by atoms with Crippen molar-refractivity contribution >= 4 is 38.3 Å². The Bertz CT molecular complexity index is 510. The molecule has 1 N–H and O–H groups in total. The van der Waals surface area contributed by atoms with E-state index in [4.69, 9.17) is 11.6 Å². The highest BCUT2D eigenvalue weighted by molar-refractivity contribution is 7.22. The van der Waals surface area contributed by atoms with E-state index in [1.165, 1.54) is 43.2 Å². The summed E-state index contributed by atoms with van der Waals surface area (Å²) in [6.45, 7) is 3.26. The maximum absolute atomic E-state index is 5.96. The zero-order valence-corrected chi connectivity index (χ0v) is 13.0. The van der Waals surface area contributed by atoms with E-state index >= 15 is 0 Å². The second-order valence-corrected chi connectivity index (χ2v) is 6.29. The fourth-order valence-electron chi connectivity index (χ4n) is 2.08. The summed E-state index contributed by atoms with van der Waals surface area (Å²) in [5.41, 5.74) is 0.989. The van der Waals surface area contributed by atoms with E-state index in [1.807, 2.05) is 18.2 Å². The van der Waals surface area contributed by atoms with E-state index in [1.54, 1.807) is 11.3 Å². The molecular formula is C15H21ClN2S. The molecular weight excluding hydrogens is 276 g/mol. The van der Waals surface area contributed by atoms with Gasteiger partial charge in [-0.1, -0.05) is 62.0 Å². The van der Waals surface area contributed by atoms with Gasteiger partial charge in [-0.2, -0.15) is 0 Å². The minimum Gasteiger partial charge on any atom is -0.361 e. The zero-order chi connectivity index (χ0) is 13.5. The Morgan fingerprint density at radius 2 is 1.95 bits per heavy atom. The van der Waals surface area contributed by atoms with E-state index in [-0.39, 0.29) is 0 Å². The number of halogens is 1. The van der Waals surface area contributed by atoms with Crippen molar-refractivity contribution in [3.63, 3.8) is 0 Å². The van der Waals surface area contributed by atoms with Gasteiger partial charge in [-0.15, -0.1) is 0 Å². The molecule has 0 aliphatic rings. The Balaban J connectivity index is 1.72. The topological polar surface area (TPSA) is 24.9 Å². The van der Waals surface area contributed by atoms with E-state index < -0.39 is 0 Å². The van der Waals surface area contributed by atoms with Crippen molar-refractivity contribution in [2.24, 2.45) is 0 Å². The summed E-state index contributed by atoms with van der Waals surface area (Å²) in [4.78, 5) is 4.54. The Morgan fingerprint density at radius 3 is 2.79 bits per heavy atom. The third kappa shape index (κ3) is 4.66. The molecule has 0 fully saturated rings. The molecule has 104 valence electrons. The lowest BCUT2D eigenvalue weighted by Gasteiger charge is -2.02. The van der Waals surface area contributed by atoms with E-state index in [0.29, 0.717) is 0 Å². The molecule has 0 unspecified atom stereocenters. The number of thiazole rings is 1. The molecule has 1 aromatic carbocycles. The third-order valence-electron chi connectivity index (χ3n) is 3.16. The summed E-state index contributed by atoms with van der Waals surface area (Å²) in [7, 11) is 0. The van der Waals surface area contributed by atoms with Gasteiger partial charge in [-0.3, -0.25) is 0 Å². The molecule has 1 aromatic heterocycles. The number of anilines is 1. The minimum atomic E-state index is 0.750. The molecule has 0 aliphatic carbocycles. The van der Waals surface area contributed by atoms with E-state index in [0.717, 1.165) is 22.2 Å². The number of hydrogen-bond acceptors (Lipinski definition) is 3. The number of nitrogens with one attached hydrogen (secondary N) is 1. The van der Waals surface area contributed by atoms with Crippen molar-refractivity contribution in [3.8, 4) is 0 Å². The van der Waals surface area contributed by atoms with Crippen molar-refractivity contribution in [2.75, 3.05) is 11.9 Å². The fraction of sp³-hybridized carbons (Fsp3) is 0.533. The first-order valence-corrected chi connectivity index (χ1v) is 8.29. The van der Waals surface area contributed by atoms with Crippen LogP contribution >= 0.6 is 22.9 Å². The molecule has 0 aliphatic heterocycles. The van der Waals surface area contributed by atoms with E-state index in [2.05, 4.69) is 17.2 Å². The van der Waals surface area contributed by atoms with Crippen LogP contribution in [0, 0.1) is 0 Å². The van der Waals surface area contributed by atoms with E-state index in [9.17, 15) is 0 Å². The first-order chi connectivity index (χ1) is 9.29. The first kappa shape index (κ1) is 14.6. The van der Waals surface area contributed by atoms with Crippen molar-refractivity contribution < 1.29 is 0 Å². The molecule has 0 radical (unpaired) electrons. The van der Waals surface area contributed by atoms with Crippen molar-refractivity contribution in [3.05, 3.63) is 23.2 Å². The summed E-state index contributed by atoms with van der Waals surface area (Å²) < 4.78 is 1.19. The Kier molecular flexibility index (Phi) is 5.93. The largest absolute Gasteiger partial charge is 0.361 e. The van der Waals surface area contributed by atoms with Crippen LogP contribution in [-0.4, -0.2) is 11.5 Å². The van der Waals surface area contributed by atoms with Crippen LogP contribution in [0.2, 0.25) is 5.02 Å². The number of nitrogens with zero attached hydrogens (tertiary/aromatic N) is 1. The molecule has 0 spiro atoms. The predicted molar refractivity (Wildman–Crippen MR) is 86.5 cm³/mol. The van der Waals surface area contributed by atoms with Gasteiger partial charge in [0, 0.05) is 11.6 Å². The number of aromatic nitrogens is 1. The average molecular weight is 297 g/mol. The average Bonchev–Trinajstić information content (AvgIpc) is 2.79. The van der Waals surface area contributed by atoms with Crippen LogP contribution in [0.3, 0.4) is 0 Å². The quantitative estimate of drug-likeness (QED) is 0.630. The number of unbranched alkanes of at least 4 members (excludes halogenated alkanes) is 5. The predicted octanol–water partition coefficient (Wildman–Crippen LogP) is 5.72. The lowest BCUT2D eigenvalue weighted by molar-refractivity contribution is 0.617. The van der Waals surface area contributed by atoms with Gasteiger partial charge in [0.25, 0.3) is 0 Å². The van der Waals surface area contributed by atoms with Gasteiger partial charge in [-0.25, -0.2) is 4.98 Å². The molecule has 1 heterocycles. The second kappa shape index (κ2) is 7.71. The summed E-state index contributed by atoms with van der Waals surface area (Å²) in [5, 5.41) is 5.16. The molecule has 0 saturated carbocycles. The first-order valence-electron chi connectivity index (χ1n) is 7.09. The minimum absolute atomic E-state index is 0.750. The summed E-state index contributed by atoms with van der Waals surface area (Å²) >= 11 is 7.66. The van der Waals surface area contributed by atoms with Gasteiger partial charge >= 0.3 is 0 Å². The van der Waals surface area contributed by atoms with Gasteiger partial charge in [0.15, 0.2) is 5.13 Å². The standard InChI is InChI=1S/C15H21ClN2S/c1-2-3-4-5-6-7-10-17-15-18-13-11-12(16)8-9-14(13)19-15/h8-9,11H,2-7,10H2,1H3,(H,17,18). The van der Waals surface area contributed by atoms with Crippen LogP contribution in [0.15, 0.2) is 18.2 Å². The van der Waals surface area contributed by atoms with Crippen LogP contribution in [0.25, 0.3) is 10.2 Å². The highest BCUT2D eigenvalue weighted by atomic mass is 35.5. The van der Waals surface area contributed by atoms with Gasteiger partial charge < -0.3 is 5.32 Å². The molecule has 4 heteroatoms. The Hall–Kier alpha value is -0.800. The number of hydrogen-bond donors (Lipinski definition) is 1. The molecule has 2 nitrogen and oxygen atoms in total. The van der Waals surface area contributed by atoms with Gasteiger partial charge in [-0.05, 0) is 24.6 Å². The zero-order valence-electron chi connectivity index (χ0n) is 11.4. The van der Waals surface area contributed by atoms with Crippen molar-refractivity contribution in [2.45, 2.75) is 45.4 Å². The normalized spacial score (nSPS) is 11.1. The maximum atomic E-state index is 5.96. The third-order valence-corrected chi connectivity index (χ3v) is 4.39. The molecule has 2 aromatic rings. The maximum Gasteiger partial charge on any atom is 0.183 e.